The Morgan fingerprint density at radius 3 is 2.58 bits per heavy atom. The number of hydrogen-bond acceptors (Lipinski definition) is 1. The van der Waals surface area contributed by atoms with Gasteiger partial charge in [-0.15, -0.1) is 0 Å². The predicted octanol–water partition coefficient (Wildman–Crippen LogP) is 2.84. The Morgan fingerprint density at radius 2 is 2.17 bits per heavy atom. The third-order valence-electron chi connectivity index (χ3n) is 1.86. The van der Waals surface area contributed by atoms with Crippen LogP contribution in [0.5, 0.6) is 0 Å². The van der Waals surface area contributed by atoms with E-state index in [0.717, 1.165) is 25.7 Å². The van der Waals surface area contributed by atoms with Gasteiger partial charge < -0.3 is 5.11 Å². The first-order valence-electron chi connectivity index (χ1n) is 4.58. The van der Waals surface area contributed by atoms with Crippen LogP contribution in [-0.2, 0) is 4.79 Å². The molecule has 0 rings (SSSR count). The fraction of sp³-hybridized carbons (Fsp3) is 0.700. The summed E-state index contributed by atoms with van der Waals surface area (Å²) in [5.41, 5.74) is 0. The van der Waals surface area contributed by atoms with Crippen LogP contribution in [-0.4, -0.2) is 11.1 Å². The largest absolute Gasteiger partial charge is 0.481 e. The zero-order chi connectivity index (χ0) is 9.40. The van der Waals surface area contributed by atoms with Gasteiger partial charge in [0.2, 0.25) is 0 Å². The van der Waals surface area contributed by atoms with Crippen LogP contribution in [0, 0.1) is 5.92 Å². The maximum Gasteiger partial charge on any atom is 0.310 e. The molecule has 0 aliphatic rings. The van der Waals surface area contributed by atoms with E-state index in [4.69, 9.17) is 5.11 Å². The van der Waals surface area contributed by atoms with Crippen LogP contribution < -0.4 is 0 Å². The second kappa shape index (κ2) is 6.89. The van der Waals surface area contributed by atoms with Crippen molar-refractivity contribution in [1.29, 1.82) is 0 Å². The second-order valence-electron chi connectivity index (χ2n) is 2.97. The van der Waals surface area contributed by atoms with Crippen molar-refractivity contribution in [2.45, 2.75) is 39.5 Å². The number of hydrogen-bond donors (Lipinski definition) is 1. The molecule has 0 radical (unpaired) electrons. The van der Waals surface area contributed by atoms with E-state index >= 15 is 0 Å². The maximum absolute atomic E-state index is 10.6. The van der Waals surface area contributed by atoms with E-state index in [-0.39, 0.29) is 5.92 Å². The molecule has 12 heavy (non-hydrogen) atoms. The lowest BCUT2D eigenvalue weighted by molar-refractivity contribution is -0.140. The normalized spacial score (nSPS) is 13.5. The number of unbranched alkanes of at least 4 members (excludes halogenated alkanes) is 2. The quantitative estimate of drug-likeness (QED) is 0.491. The summed E-state index contributed by atoms with van der Waals surface area (Å²) in [4.78, 5) is 10.6. The lowest BCUT2D eigenvalue weighted by Crippen LogP contribution is -2.10. The molecule has 1 atom stereocenters. The topological polar surface area (TPSA) is 37.3 Å². The summed E-state index contributed by atoms with van der Waals surface area (Å²) in [7, 11) is 0. The van der Waals surface area contributed by atoms with Crippen LogP contribution in [0.15, 0.2) is 12.2 Å². The van der Waals surface area contributed by atoms with E-state index in [1.165, 1.54) is 0 Å². The number of carboxylic acids is 1. The summed E-state index contributed by atoms with van der Waals surface area (Å²) in [5.74, 6) is -0.981. The lowest BCUT2D eigenvalue weighted by atomic mass is 10.0. The Labute approximate surface area is 74.3 Å². The Kier molecular flexibility index (Phi) is 6.44. The van der Waals surface area contributed by atoms with E-state index in [2.05, 4.69) is 6.92 Å². The minimum atomic E-state index is -0.704. The molecule has 0 aromatic heterocycles. The van der Waals surface area contributed by atoms with E-state index in [1.807, 2.05) is 13.0 Å². The van der Waals surface area contributed by atoms with Crippen molar-refractivity contribution in [2.24, 2.45) is 5.92 Å². The van der Waals surface area contributed by atoms with Gasteiger partial charge in [0.25, 0.3) is 0 Å². The Morgan fingerprint density at radius 1 is 1.50 bits per heavy atom. The van der Waals surface area contributed by atoms with Gasteiger partial charge in [-0.25, -0.2) is 0 Å². The van der Waals surface area contributed by atoms with Gasteiger partial charge in [0.1, 0.15) is 0 Å². The SMILES string of the molecule is C/C=C\C(CCCCC)C(=O)O. The minimum Gasteiger partial charge on any atom is -0.481 e. The van der Waals surface area contributed by atoms with Crippen molar-refractivity contribution in [3.63, 3.8) is 0 Å². The van der Waals surface area contributed by atoms with Crippen molar-refractivity contribution in [2.75, 3.05) is 0 Å². The Hall–Kier alpha value is -0.790. The summed E-state index contributed by atoms with van der Waals surface area (Å²) < 4.78 is 0. The summed E-state index contributed by atoms with van der Waals surface area (Å²) in [6.45, 7) is 3.97. The first-order valence-corrected chi connectivity index (χ1v) is 4.58. The highest BCUT2D eigenvalue weighted by Gasteiger charge is 2.11. The minimum absolute atomic E-state index is 0.276. The molecule has 0 fully saturated rings. The molecule has 0 aromatic rings. The predicted molar refractivity (Wildman–Crippen MR) is 50.1 cm³/mol. The molecule has 0 saturated heterocycles. The first-order chi connectivity index (χ1) is 5.72. The zero-order valence-electron chi connectivity index (χ0n) is 7.92. The molecular weight excluding hydrogens is 152 g/mol. The lowest BCUT2D eigenvalue weighted by Gasteiger charge is -2.05. The summed E-state index contributed by atoms with van der Waals surface area (Å²) in [6.07, 6.45) is 7.62. The third-order valence-corrected chi connectivity index (χ3v) is 1.86. The first kappa shape index (κ1) is 11.2. The highest BCUT2D eigenvalue weighted by Crippen LogP contribution is 2.11. The fourth-order valence-electron chi connectivity index (χ4n) is 1.15. The Bertz CT molecular complexity index is 150. The molecule has 2 heteroatoms. The van der Waals surface area contributed by atoms with E-state index in [9.17, 15) is 4.79 Å². The summed E-state index contributed by atoms with van der Waals surface area (Å²) in [6, 6.07) is 0. The van der Waals surface area contributed by atoms with Crippen LogP contribution >= 0.6 is 0 Å². The molecule has 1 N–H and O–H groups in total. The molecular formula is C10H18O2. The van der Waals surface area contributed by atoms with Crippen molar-refractivity contribution in [3.8, 4) is 0 Å². The highest BCUT2D eigenvalue weighted by molar-refractivity contribution is 5.71. The zero-order valence-corrected chi connectivity index (χ0v) is 7.92. The number of carboxylic acid groups (broad SMARTS) is 1. The second-order valence-corrected chi connectivity index (χ2v) is 2.97. The average Bonchev–Trinajstić information content (AvgIpc) is 2.03. The molecule has 0 bridgehead atoms. The van der Waals surface area contributed by atoms with Crippen LogP contribution in [0.4, 0.5) is 0 Å². The van der Waals surface area contributed by atoms with Gasteiger partial charge in [0, 0.05) is 0 Å². The smallest absolute Gasteiger partial charge is 0.310 e. The van der Waals surface area contributed by atoms with E-state index < -0.39 is 5.97 Å². The molecule has 0 aromatic carbocycles. The number of rotatable bonds is 6. The number of allylic oxidation sites excluding steroid dienone is 1. The number of aliphatic carboxylic acids is 1. The van der Waals surface area contributed by atoms with Gasteiger partial charge in [-0.2, -0.15) is 0 Å². The molecule has 0 amide bonds. The van der Waals surface area contributed by atoms with Gasteiger partial charge >= 0.3 is 5.97 Å². The maximum atomic E-state index is 10.6. The van der Waals surface area contributed by atoms with Crippen LogP contribution in [0.2, 0.25) is 0 Å². The number of carbonyl (C=O) groups is 1. The van der Waals surface area contributed by atoms with Crippen molar-refractivity contribution in [3.05, 3.63) is 12.2 Å². The standard InChI is InChI=1S/C10H18O2/c1-3-5-6-8-9(7-4-2)10(11)12/h4,7,9H,3,5-6,8H2,1-2H3,(H,11,12)/b7-4-. The molecule has 0 spiro atoms. The third kappa shape index (κ3) is 4.94. The monoisotopic (exact) mass is 170 g/mol. The molecule has 0 saturated carbocycles. The van der Waals surface area contributed by atoms with E-state index in [0.29, 0.717) is 0 Å². The van der Waals surface area contributed by atoms with Gasteiger partial charge in [-0.05, 0) is 13.3 Å². The molecule has 0 aliphatic carbocycles. The fourth-order valence-corrected chi connectivity index (χ4v) is 1.15. The van der Waals surface area contributed by atoms with E-state index in [1.54, 1.807) is 6.08 Å². The van der Waals surface area contributed by atoms with Crippen LogP contribution in [0.25, 0.3) is 0 Å². The van der Waals surface area contributed by atoms with Gasteiger partial charge in [-0.1, -0.05) is 38.3 Å². The van der Waals surface area contributed by atoms with Crippen LogP contribution in [0.3, 0.4) is 0 Å². The molecule has 0 aliphatic heterocycles. The van der Waals surface area contributed by atoms with Crippen molar-refractivity contribution in [1.82, 2.24) is 0 Å². The highest BCUT2D eigenvalue weighted by atomic mass is 16.4. The molecule has 2 nitrogen and oxygen atoms in total. The van der Waals surface area contributed by atoms with Crippen LogP contribution in [0.1, 0.15) is 39.5 Å². The molecule has 70 valence electrons. The van der Waals surface area contributed by atoms with Gasteiger partial charge in [0.15, 0.2) is 0 Å². The molecule has 1 unspecified atom stereocenters. The Balaban J connectivity index is 3.72. The van der Waals surface area contributed by atoms with Crippen molar-refractivity contribution < 1.29 is 9.90 Å². The van der Waals surface area contributed by atoms with Gasteiger partial charge in [0.05, 0.1) is 5.92 Å². The van der Waals surface area contributed by atoms with Gasteiger partial charge in [-0.3, -0.25) is 4.79 Å². The molecule has 0 heterocycles. The summed E-state index contributed by atoms with van der Waals surface area (Å²) in [5, 5.41) is 8.75. The summed E-state index contributed by atoms with van der Waals surface area (Å²) >= 11 is 0. The average molecular weight is 170 g/mol. The van der Waals surface area contributed by atoms with Crippen molar-refractivity contribution >= 4 is 5.97 Å².